The summed E-state index contributed by atoms with van der Waals surface area (Å²) in [6.45, 7) is 1.67. The molecular formula is C15H12F4N2. The van der Waals surface area contributed by atoms with Crippen molar-refractivity contribution in [2.75, 3.05) is 5.43 Å². The first-order chi connectivity index (χ1) is 9.86. The quantitative estimate of drug-likeness (QED) is 0.496. The van der Waals surface area contributed by atoms with Crippen molar-refractivity contribution in [2.24, 2.45) is 5.10 Å². The van der Waals surface area contributed by atoms with Crippen molar-refractivity contribution in [3.8, 4) is 0 Å². The smallest absolute Gasteiger partial charge is 0.278 e. The molecule has 0 aliphatic carbocycles. The first-order valence-corrected chi connectivity index (χ1v) is 6.10. The number of anilines is 1. The van der Waals surface area contributed by atoms with Gasteiger partial charge in [-0.15, -0.1) is 0 Å². The Labute approximate surface area is 119 Å². The van der Waals surface area contributed by atoms with Gasteiger partial charge >= 0.3 is 6.18 Å². The summed E-state index contributed by atoms with van der Waals surface area (Å²) in [5.74, 6) is -0.364. The van der Waals surface area contributed by atoms with Crippen LogP contribution in [-0.4, -0.2) is 5.71 Å². The van der Waals surface area contributed by atoms with Gasteiger partial charge in [-0.25, -0.2) is 4.39 Å². The number of hydrazone groups is 1. The number of halogens is 4. The van der Waals surface area contributed by atoms with Gasteiger partial charge in [0.15, 0.2) is 0 Å². The number of benzene rings is 2. The standard InChI is InChI=1S/C15H12F4N2/c1-10(11-5-7-13(16)8-6-11)20-21-14-4-2-3-12(9-14)15(17,18)19/h2-9,21H,1H3. The summed E-state index contributed by atoms with van der Waals surface area (Å²) in [5, 5.41) is 3.99. The van der Waals surface area contributed by atoms with E-state index in [1.54, 1.807) is 19.1 Å². The number of nitrogens with zero attached hydrogens (tertiary/aromatic N) is 1. The molecule has 6 heteroatoms. The maximum absolute atomic E-state index is 12.8. The molecule has 0 amide bonds. The van der Waals surface area contributed by atoms with Crippen LogP contribution in [0.4, 0.5) is 23.2 Å². The van der Waals surface area contributed by atoms with Crippen LogP contribution in [0.25, 0.3) is 0 Å². The Balaban J connectivity index is 2.15. The van der Waals surface area contributed by atoms with E-state index in [4.69, 9.17) is 0 Å². The molecule has 0 saturated heterocycles. The van der Waals surface area contributed by atoms with Gasteiger partial charge in [0.25, 0.3) is 0 Å². The van der Waals surface area contributed by atoms with E-state index < -0.39 is 11.7 Å². The fourth-order valence-corrected chi connectivity index (χ4v) is 1.67. The van der Waals surface area contributed by atoms with Gasteiger partial charge in [0, 0.05) is 0 Å². The summed E-state index contributed by atoms with van der Waals surface area (Å²) >= 11 is 0. The molecule has 0 unspecified atom stereocenters. The van der Waals surface area contributed by atoms with E-state index in [0.717, 1.165) is 12.1 Å². The first-order valence-electron chi connectivity index (χ1n) is 6.10. The van der Waals surface area contributed by atoms with Gasteiger partial charge < -0.3 is 0 Å². The Morgan fingerprint density at radius 3 is 2.33 bits per heavy atom. The van der Waals surface area contributed by atoms with Gasteiger partial charge in [-0.05, 0) is 42.8 Å². The Hall–Kier alpha value is -2.37. The van der Waals surface area contributed by atoms with Crippen LogP contribution in [0, 0.1) is 5.82 Å². The highest BCUT2D eigenvalue weighted by Crippen LogP contribution is 2.30. The Kier molecular flexibility index (Phi) is 4.26. The maximum atomic E-state index is 12.8. The molecular weight excluding hydrogens is 284 g/mol. The highest BCUT2D eigenvalue weighted by molar-refractivity contribution is 5.99. The van der Waals surface area contributed by atoms with Crippen molar-refractivity contribution in [3.63, 3.8) is 0 Å². The van der Waals surface area contributed by atoms with Gasteiger partial charge in [0.05, 0.1) is 17.0 Å². The van der Waals surface area contributed by atoms with Crippen LogP contribution in [0.5, 0.6) is 0 Å². The third-order valence-electron chi connectivity index (χ3n) is 2.80. The minimum atomic E-state index is -4.40. The summed E-state index contributed by atoms with van der Waals surface area (Å²) in [6.07, 6.45) is -4.40. The van der Waals surface area contributed by atoms with Gasteiger partial charge in [0.1, 0.15) is 5.82 Å². The molecule has 0 saturated carbocycles. The topological polar surface area (TPSA) is 24.4 Å². The number of alkyl halides is 3. The minimum Gasteiger partial charge on any atom is -0.278 e. The number of hydrogen-bond acceptors (Lipinski definition) is 2. The molecule has 0 heterocycles. The summed E-state index contributed by atoms with van der Waals surface area (Å²) in [4.78, 5) is 0. The molecule has 2 rings (SSSR count). The van der Waals surface area contributed by atoms with Gasteiger partial charge in [-0.1, -0.05) is 18.2 Å². The van der Waals surface area contributed by atoms with Crippen molar-refractivity contribution >= 4 is 11.4 Å². The molecule has 110 valence electrons. The molecule has 0 fully saturated rings. The van der Waals surface area contributed by atoms with E-state index in [-0.39, 0.29) is 11.5 Å². The fraction of sp³-hybridized carbons (Fsp3) is 0.133. The van der Waals surface area contributed by atoms with Crippen molar-refractivity contribution < 1.29 is 17.6 Å². The second kappa shape index (κ2) is 5.95. The Morgan fingerprint density at radius 1 is 1.05 bits per heavy atom. The van der Waals surface area contributed by atoms with Gasteiger partial charge in [-0.2, -0.15) is 18.3 Å². The van der Waals surface area contributed by atoms with Crippen molar-refractivity contribution in [3.05, 3.63) is 65.5 Å². The molecule has 0 aliphatic rings. The lowest BCUT2D eigenvalue weighted by Gasteiger charge is -2.08. The molecule has 0 aliphatic heterocycles. The highest BCUT2D eigenvalue weighted by atomic mass is 19.4. The van der Waals surface area contributed by atoms with Crippen molar-refractivity contribution in [1.82, 2.24) is 0 Å². The molecule has 1 N–H and O–H groups in total. The monoisotopic (exact) mass is 296 g/mol. The summed E-state index contributed by atoms with van der Waals surface area (Å²) in [5.41, 5.74) is 3.26. The van der Waals surface area contributed by atoms with E-state index in [1.165, 1.54) is 24.3 Å². The van der Waals surface area contributed by atoms with Gasteiger partial charge in [0.2, 0.25) is 0 Å². The fourth-order valence-electron chi connectivity index (χ4n) is 1.67. The van der Waals surface area contributed by atoms with Crippen LogP contribution in [0.3, 0.4) is 0 Å². The largest absolute Gasteiger partial charge is 0.416 e. The third-order valence-corrected chi connectivity index (χ3v) is 2.80. The number of rotatable bonds is 3. The third kappa shape index (κ3) is 4.05. The molecule has 2 aromatic carbocycles. The average Bonchev–Trinajstić information content (AvgIpc) is 2.45. The molecule has 0 bridgehead atoms. The minimum absolute atomic E-state index is 0.228. The van der Waals surface area contributed by atoms with E-state index in [0.29, 0.717) is 11.3 Å². The summed E-state index contributed by atoms with van der Waals surface area (Å²) in [6, 6.07) is 10.4. The van der Waals surface area contributed by atoms with Crippen LogP contribution in [0.15, 0.2) is 53.6 Å². The predicted octanol–water partition coefficient (Wildman–Crippen LogP) is 4.68. The zero-order valence-electron chi connectivity index (χ0n) is 11.1. The molecule has 2 aromatic rings. The Bertz CT molecular complexity index is 645. The normalized spacial score (nSPS) is 12.3. The number of nitrogens with one attached hydrogen (secondary N) is 1. The van der Waals surface area contributed by atoms with E-state index in [9.17, 15) is 17.6 Å². The second-order valence-electron chi connectivity index (χ2n) is 4.39. The Morgan fingerprint density at radius 2 is 1.71 bits per heavy atom. The summed E-state index contributed by atoms with van der Waals surface area (Å²) in [7, 11) is 0. The average molecular weight is 296 g/mol. The first kappa shape index (κ1) is 15.0. The molecule has 0 atom stereocenters. The van der Waals surface area contributed by atoms with E-state index >= 15 is 0 Å². The van der Waals surface area contributed by atoms with E-state index in [2.05, 4.69) is 10.5 Å². The lowest BCUT2D eigenvalue weighted by molar-refractivity contribution is -0.137. The maximum Gasteiger partial charge on any atom is 0.416 e. The molecule has 2 nitrogen and oxygen atoms in total. The van der Waals surface area contributed by atoms with E-state index in [1.807, 2.05) is 0 Å². The molecule has 21 heavy (non-hydrogen) atoms. The lowest BCUT2D eigenvalue weighted by Crippen LogP contribution is -2.05. The predicted molar refractivity (Wildman–Crippen MR) is 73.7 cm³/mol. The van der Waals surface area contributed by atoms with Crippen LogP contribution in [0.1, 0.15) is 18.1 Å². The SMILES string of the molecule is CC(=NNc1cccc(C(F)(F)F)c1)c1ccc(F)cc1. The number of hydrogen-bond donors (Lipinski definition) is 1. The lowest BCUT2D eigenvalue weighted by atomic mass is 10.1. The zero-order chi connectivity index (χ0) is 15.5. The zero-order valence-corrected chi connectivity index (χ0v) is 11.1. The molecule has 0 aromatic heterocycles. The van der Waals surface area contributed by atoms with Crippen LogP contribution in [0.2, 0.25) is 0 Å². The van der Waals surface area contributed by atoms with Crippen LogP contribution >= 0.6 is 0 Å². The molecule has 0 spiro atoms. The summed E-state index contributed by atoms with van der Waals surface area (Å²) < 4.78 is 50.5. The van der Waals surface area contributed by atoms with Crippen molar-refractivity contribution in [1.29, 1.82) is 0 Å². The van der Waals surface area contributed by atoms with Crippen molar-refractivity contribution in [2.45, 2.75) is 13.1 Å². The second-order valence-corrected chi connectivity index (χ2v) is 4.39. The van der Waals surface area contributed by atoms with Crippen LogP contribution in [-0.2, 0) is 6.18 Å². The highest BCUT2D eigenvalue weighted by Gasteiger charge is 2.30. The van der Waals surface area contributed by atoms with Gasteiger partial charge in [-0.3, -0.25) is 5.43 Å². The van der Waals surface area contributed by atoms with Crippen LogP contribution < -0.4 is 5.43 Å². The molecule has 0 radical (unpaired) electrons.